The SMILES string of the molecule is Cc1cc2c(cc1-c1ccc(NC(=O)c3c(F)cncc3F)cc1)CCO2. The lowest BCUT2D eigenvalue weighted by atomic mass is 9.97. The van der Waals surface area contributed by atoms with Crippen molar-refractivity contribution in [1.29, 1.82) is 0 Å². The van der Waals surface area contributed by atoms with Crippen LogP contribution in [0.4, 0.5) is 14.5 Å². The standard InChI is InChI=1S/C21H16F2N2O2/c1-12-8-19-14(6-7-27-19)9-16(12)13-2-4-15(5-3-13)25-21(26)20-17(22)10-24-11-18(20)23/h2-5,8-11H,6-7H2,1H3,(H,25,26). The first-order valence-electron chi connectivity index (χ1n) is 8.50. The smallest absolute Gasteiger partial charge is 0.261 e. The van der Waals surface area contributed by atoms with E-state index in [-0.39, 0.29) is 0 Å². The third-order valence-electron chi connectivity index (χ3n) is 4.57. The molecule has 6 heteroatoms. The molecule has 0 spiro atoms. The molecule has 1 aromatic heterocycles. The zero-order valence-electron chi connectivity index (χ0n) is 14.6. The van der Waals surface area contributed by atoms with E-state index < -0.39 is 23.1 Å². The molecule has 27 heavy (non-hydrogen) atoms. The highest BCUT2D eigenvalue weighted by molar-refractivity contribution is 6.04. The zero-order chi connectivity index (χ0) is 19.0. The van der Waals surface area contributed by atoms with E-state index in [9.17, 15) is 13.6 Å². The van der Waals surface area contributed by atoms with Gasteiger partial charge in [0.05, 0.1) is 19.0 Å². The van der Waals surface area contributed by atoms with E-state index in [2.05, 4.69) is 16.4 Å². The minimum absolute atomic E-state index is 0.446. The molecule has 1 aliphatic heterocycles. The molecule has 3 aromatic rings. The van der Waals surface area contributed by atoms with Crippen molar-refractivity contribution in [2.24, 2.45) is 0 Å². The summed E-state index contributed by atoms with van der Waals surface area (Å²) in [5, 5.41) is 2.51. The molecule has 4 nitrogen and oxygen atoms in total. The third kappa shape index (κ3) is 3.26. The van der Waals surface area contributed by atoms with Crippen molar-refractivity contribution in [3.63, 3.8) is 0 Å². The Morgan fingerprint density at radius 1 is 1.11 bits per heavy atom. The summed E-state index contributed by atoms with van der Waals surface area (Å²) < 4.78 is 32.9. The van der Waals surface area contributed by atoms with Crippen LogP contribution < -0.4 is 10.1 Å². The third-order valence-corrected chi connectivity index (χ3v) is 4.57. The highest BCUT2D eigenvalue weighted by Gasteiger charge is 2.18. The predicted octanol–water partition coefficient (Wildman–Crippen LogP) is 4.52. The van der Waals surface area contributed by atoms with Crippen LogP contribution in [0.15, 0.2) is 48.8 Å². The van der Waals surface area contributed by atoms with E-state index >= 15 is 0 Å². The van der Waals surface area contributed by atoms with Gasteiger partial charge in [-0.25, -0.2) is 8.78 Å². The first kappa shape index (κ1) is 17.1. The number of benzene rings is 2. The van der Waals surface area contributed by atoms with Crippen LogP contribution in [-0.4, -0.2) is 17.5 Å². The molecule has 1 N–H and O–H groups in total. The lowest BCUT2D eigenvalue weighted by Gasteiger charge is -2.11. The Labute approximate surface area is 154 Å². The minimum atomic E-state index is -1.000. The Hall–Kier alpha value is -3.28. The molecule has 0 unspecified atom stereocenters. The molecule has 0 aliphatic carbocycles. The number of aryl methyl sites for hydroxylation is 1. The maximum absolute atomic E-state index is 13.7. The van der Waals surface area contributed by atoms with Crippen molar-refractivity contribution in [1.82, 2.24) is 4.98 Å². The van der Waals surface area contributed by atoms with Gasteiger partial charge in [0.25, 0.3) is 5.91 Å². The number of carbonyl (C=O) groups is 1. The number of halogens is 2. The Kier molecular flexibility index (Phi) is 4.32. The van der Waals surface area contributed by atoms with Crippen LogP contribution in [0.25, 0.3) is 11.1 Å². The summed E-state index contributed by atoms with van der Waals surface area (Å²) >= 11 is 0. The number of ether oxygens (including phenoxy) is 1. The molecule has 0 bridgehead atoms. The quantitative estimate of drug-likeness (QED) is 0.741. The number of aromatic nitrogens is 1. The maximum atomic E-state index is 13.7. The second kappa shape index (κ2) is 6.79. The molecular weight excluding hydrogens is 350 g/mol. The Balaban J connectivity index is 1.57. The summed E-state index contributed by atoms with van der Waals surface area (Å²) in [6, 6.07) is 11.3. The first-order chi connectivity index (χ1) is 13.0. The topological polar surface area (TPSA) is 51.2 Å². The van der Waals surface area contributed by atoms with Crippen LogP contribution in [0, 0.1) is 18.6 Å². The highest BCUT2D eigenvalue weighted by Crippen LogP contribution is 2.34. The molecule has 136 valence electrons. The summed E-state index contributed by atoms with van der Waals surface area (Å²) in [6.07, 6.45) is 2.50. The number of carbonyl (C=O) groups excluding carboxylic acids is 1. The predicted molar refractivity (Wildman–Crippen MR) is 97.9 cm³/mol. The van der Waals surface area contributed by atoms with E-state index in [1.807, 2.05) is 25.1 Å². The van der Waals surface area contributed by atoms with Crippen molar-refractivity contribution in [2.45, 2.75) is 13.3 Å². The lowest BCUT2D eigenvalue weighted by molar-refractivity contribution is 0.101. The van der Waals surface area contributed by atoms with Crippen LogP contribution in [0.3, 0.4) is 0 Å². The number of anilines is 1. The van der Waals surface area contributed by atoms with Crippen molar-refractivity contribution in [3.8, 4) is 16.9 Å². The Bertz CT molecular complexity index is 1010. The average Bonchev–Trinajstić information content (AvgIpc) is 3.09. The first-order valence-corrected chi connectivity index (χ1v) is 8.50. The minimum Gasteiger partial charge on any atom is -0.493 e. The molecule has 1 aliphatic rings. The molecule has 0 saturated carbocycles. The van der Waals surface area contributed by atoms with E-state index in [1.54, 1.807) is 12.1 Å². The molecule has 0 saturated heterocycles. The van der Waals surface area contributed by atoms with Crippen LogP contribution in [0.2, 0.25) is 0 Å². The Morgan fingerprint density at radius 2 is 1.81 bits per heavy atom. The summed E-state index contributed by atoms with van der Waals surface area (Å²) in [5.41, 5.74) is 4.14. The second-order valence-corrected chi connectivity index (χ2v) is 6.38. The molecule has 2 aromatic carbocycles. The second-order valence-electron chi connectivity index (χ2n) is 6.38. The van der Waals surface area contributed by atoms with Crippen molar-refractivity contribution < 1.29 is 18.3 Å². The molecule has 1 amide bonds. The molecule has 0 atom stereocenters. The van der Waals surface area contributed by atoms with Crippen molar-refractivity contribution in [2.75, 3.05) is 11.9 Å². The van der Waals surface area contributed by atoms with Gasteiger partial charge in [-0.15, -0.1) is 0 Å². The number of pyridine rings is 1. The number of hydrogen-bond acceptors (Lipinski definition) is 3. The maximum Gasteiger partial charge on any atom is 0.261 e. The number of fused-ring (bicyclic) bond motifs is 1. The average molecular weight is 366 g/mol. The fraction of sp³-hybridized carbons (Fsp3) is 0.143. The fourth-order valence-corrected chi connectivity index (χ4v) is 3.19. The number of nitrogens with zero attached hydrogens (tertiary/aromatic N) is 1. The largest absolute Gasteiger partial charge is 0.493 e. The Morgan fingerprint density at radius 3 is 2.52 bits per heavy atom. The monoisotopic (exact) mass is 366 g/mol. The van der Waals surface area contributed by atoms with Gasteiger partial charge in [-0.1, -0.05) is 12.1 Å². The normalized spacial score (nSPS) is 12.4. The van der Waals surface area contributed by atoms with E-state index in [0.29, 0.717) is 12.3 Å². The van der Waals surface area contributed by atoms with Gasteiger partial charge in [0.15, 0.2) is 11.6 Å². The molecule has 2 heterocycles. The van der Waals surface area contributed by atoms with Gasteiger partial charge in [0.1, 0.15) is 11.3 Å². The van der Waals surface area contributed by atoms with Crippen molar-refractivity contribution in [3.05, 3.63) is 77.1 Å². The van der Waals surface area contributed by atoms with Crippen LogP contribution in [0.1, 0.15) is 21.5 Å². The van der Waals surface area contributed by atoms with Crippen molar-refractivity contribution >= 4 is 11.6 Å². The van der Waals surface area contributed by atoms with Gasteiger partial charge in [-0.3, -0.25) is 9.78 Å². The van der Waals surface area contributed by atoms with Gasteiger partial charge in [0, 0.05) is 12.1 Å². The summed E-state index contributed by atoms with van der Waals surface area (Å²) in [4.78, 5) is 15.5. The number of nitrogens with one attached hydrogen (secondary N) is 1. The number of hydrogen-bond donors (Lipinski definition) is 1. The molecular formula is C21H16F2N2O2. The molecule has 0 fully saturated rings. The number of rotatable bonds is 3. The van der Waals surface area contributed by atoms with Crippen LogP contribution in [0.5, 0.6) is 5.75 Å². The number of amides is 1. The molecule has 0 radical (unpaired) electrons. The van der Waals surface area contributed by atoms with Gasteiger partial charge >= 0.3 is 0 Å². The van der Waals surface area contributed by atoms with Gasteiger partial charge < -0.3 is 10.1 Å². The van der Waals surface area contributed by atoms with E-state index in [0.717, 1.165) is 41.3 Å². The van der Waals surface area contributed by atoms with Gasteiger partial charge in [-0.05, 0) is 53.4 Å². The summed E-state index contributed by atoms with van der Waals surface area (Å²) in [5.74, 6) is -1.92. The molecule has 4 rings (SSSR count). The van der Waals surface area contributed by atoms with E-state index in [4.69, 9.17) is 4.74 Å². The van der Waals surface area contributed by atoms with E-state index in [1.165, 1.54) is 5.56 Å². The fourth-order valence-electron chi connectivity index (χ4n) is 3.19. The summed E-state index contributed by atoms with van der Waals surface area (Å²) in [6.45, 7) is 2.72. The van der Waals surface area contributed by atoms with Crippen LogP contribution in [-0.2, 0) is 6.42 Å². The van der Waals surface area contributed by atoms with Gasteiger partial charge in [-0.2, -0.15) is 0 Å². The van der Waals surface area contributed by atoms with Crippen LogP contribution >= 0.6 is 0 Å². The zero-order valence-corrected chi connectivity index (χ0v) is 14.6. The highest BCUT2D eigenvalue weighted by atomic mass is 19.1. The van der Waals surface area contributed by atoms with Gasteiger partial charge in [0.2, 0.25) is 0 Å². The summed E-state index contributed by atoms with van der Waals surface area (Å²) in [7, 11) is 0. The lowest BCUT2D eigenvalue weighted by Crippen LogP contribution is -2.16.